The molecule has 0 saturated heterocycles. The van der Waals surface area contributed by atoms with Crippen molar-refractivity contribution >= 4 is 5.97 Å². The van der Waals surface area contributed by atoms with Crippen LogP contribution in [-0.4, -0.2) is 5.97 Å². The molecular weight excluding hydrogens is 128 g/mol. The molecule has 2 nitrogen and oxygen atoms in total. The van der Waals surface area contributed by atoms with Crippen LogP contribution in [0, 0.1) is 0 Å². The summed E-state index contributed by atoms with van der Waals surface area (Å²) in [6, 6.07) is 0. The second kappa shape index (κ2) is 6.33. The maximum atomic E-state index is 9.83. The molecule has 0 bridgehead atoms. The van der Waals surface area contributed by atoms with Crippen LogP contribution in [0.5, 0.6) is 0 Å². The Bertz CT molecular complexity index is 116. The van der Waals surface area contributed by atoms with Crippen LogP contribution in [0.4, 0.5) is 0 Å². The Balaban J connectivity index is 3.10. The first kappa shape index (κ1) is 9.21. The van der Waals surface area contributed by atoms with E-state index in [9.17, 15) is 9.90 Å². The van der Waals surface area contributed by atoms with E-state index in [4.69, 9.17) is 0 Å². The van der Waals surface area contributed by atoms with E-state index < -0.39 is 5.97 Å². The third kappa shape index (κ3) is 7.21. The molecule has 0 aliphatic carbocycles. The fourth-order valence-electron chi connectivity index (χ4n) is 0.692. The average molecular weight is 141 g/mol. The highest BCUT2D eigenvalue weighted by molar-refractivity contribution is 5.77. The summed E-state index contributed by atoms with van der Waals surface area (Å²) in [6.07, 6.45) is 6.99. The molecule has 0 spiro atoms. The number of rotatable bonds is 5. The summed E-state index contributed by atoms with van der Waals surface area (Å²) in [4.78, 5) is 9.83. The number of carbonyl (C=O) groups excluding carboxylic acids is 1. The molecule has 0 aromatic heterocycles. The smallest absolute Gasteiger partial charge is 0.0639 e. The van der Waals surface area contributed by atoms with Crippen LogP contribution in [0.25, 0.3) is 0 Å². The van der Waals surface area contributed by atoms with Crippen molar-refractivity contribution in [1.29, 1.82) is 0 Å². The summed E-state index contributed by atoms with van der Waals surface area (Å²) in [5.74, 6) is -1.10. The van der Waals surface area contributed by atoms with E-state index in [1.54, 1.807) is 6.08 Å². The summed E-state index contributed by atoms with van der Waals surface area (Å²) in [5, 5.41) is 9.83. The van der Waals surface area contributed by atoms with Crippen LogP contribution in [0.3, 0.4) is 0 Å². The second-order valence-electron chi connectivity index (χ2n) is 2.22. The molecule has 0 radical (unpaired) electrons. The van der Waals surface area contributed by atoms with Crippen LogP contribution in [0.15, 0.2) is 12.2 Å². The summed E-state index contributed by atoms with van der Waals surface area (Å²) in [7, 11) is 0. The third-order valence-corrected chi connectivity index (χ3v) is 1.23. The number of hydrogen-bond donors (Lipinski definition) is 0. The van der Waals surface area contributed by atoms with Crippen LogP contribution in [0.1, 0.15) is 32.6 Å². The third-order valence-electron chi connectivity index (χ3n) is 1.23. The molecule has 0 aromatic carbocycles. The SMILES string of the molecule is CCCCC/C=C/C(=O)[O-]. The van der Waals surface area contributed by atoms with Crippen molar-refractivity contribution in [3.05, 3.63) is 12.2 Å². The van der Waals surface area contributed by atoms with Gasteiger partial charge in [0.05, 0.1) is 5.97 Å². The fourth-order valence-corrected chi connectivity index (χ4v) is 0.692. The average Bonchev–Trinajstić information content (AvgIpc) is 1.87. The highest BCUT2D eigenvalue weighted by Gasteiger charge is 1.80. The van der Waals surface area contributed by atoms with E-state index in [1.807, 2.05) is 0 Å². The van der Waals surface area contributed by atoms with E-state index in [0.29, 0.717) is 0 Å². The van der Waals surface area contributed by atoms with Crippen LogP contribution in [0.2, 0.25) is 0 Å². The normalized spacial score (nSPS) is 10.5. The molecule has 0 rings (SSSR count). The molecule has 58 valence electrons. The summed E-state index contributed by atoms with van der Waals surface area (Å²) in [6.45, 7) is 2.11. The van der Waals surface area contributed by atoms with Gasteiger partial charge in [0, 0.05) is 0 Å². The van der Waals surface area contributed by atoms with Gasteiger partial charge in [-0.05, 0) is 18.9 Å². The minimum absolute atomic E-state index is 0.849. The maximum absolute atomic E-state index is 9.83. The monoisotopic (exact) mass is 141 g/mol. The Hall–Kier alpha value is -0.790. The second-order valence-corrected chi connectivity index (χ2v) is 2.22. The molecule has 0 saturated carbocycles. The largest absolute Gasteiger partial charge is 0.545 e. The minimum atomic E-state index is -1.10. The van der Waals surface area contributed by atoms with Gasteiger partial charge in [-0.3, -0.25) is 0 Å². The van der Waals surface area contributed by atoms with Crippen molar-refractivity contribution in [2.24, 2.45) is 0 Å². The molecule has 0 atom stereocenters. The molecule has 0 N–H and O–H groups in total. The van der Waals surface area contributed by atoms with E-state index in [1.165, 1.54) is 6.42 Å². The zero-order valence-corrected chi connectivity index (χ0v) is 6.30. The number of carboxylic acid groups (broad SMARTS) is 1. The first-order valence-electron chi connectivity index (χ1n) is 3.65. The number of carboxylic acids is 1. The lowest BCUT2D eigenvalue weighted by Crippen LogP contribution is -2.18. The lowest BCUT2D eigenvalue weighted by atomic mass is 10.2. The minimum Gasteiger partial charge on any atom is -0.545 e. The van der Waals surface area contributed by atoms with Crippen molar-refractivity contribution in [2.45, 2.75) is 32.6 Å². The molecule has 0 fully saturated rings. The molecule has 0 unspecified atom stereocenters. The van der Waals surface area contributed by atoms with Gasteiger partial charge in [-0.15, -0.1) is 0 Å². The molecule has 0 heterocycles. The highest BCUT2D eigenvalue weighted by atomic mass is 16.4. The van der Waals surface area contributed by atoms with Gasteiger partial charge in [-0.1, -0.05) is 25.8 Å². The van der Waals surface area contributed by atoms with Crippen LogP contribution in [-0.2, 0) is 4.79 Å². The summed E-state index contributed by atoms with van der Waals surface area (Å²) < 4.78 is 0. The Labute approximate surface area is 61.6 Å². The molecule has 10 heavy (non-hydrogen) atoms. The van der Waals surface area contributed by atoms with Crippen LogP contribution < -0.4 is 5.11 Å². The van der Waals surface area contributed by atoms with Crippen molar-refractivity contribution < 1.29 is 9.90 Å². The first-order valence-corrected chi connectivity index (χ1v) is 3.65. The zero-order valence-electron chi connectivity index (χ0n) is 6.30. The van der Waals surface area contributed by atoms with Gasteiger partial charge in [-0.2, -0.15) is 0 Å². The Kier molecular flexibility index (Phi) is 5.83. The van der Waals surface area contributed by atoms with E-state index in [0.717, 1.165) is 25.3 Å². The lowest BCUT2D eigenvalue weighted by Gasteiger charge is -1.92. The Morgan fingerprint density at radius 2 is 2.20 bits per heavy atom. The summed E-state index contributed by atoms with van der Waals surface area (Å²) in [5.41, 5.74) is 0. The lowest BCUT2D eigenvalue weighted by molar-refractivity contribution is -0.297. The molecule has 2 heteroatoms. The quantitative estimate of drug-likeness (QED) is 0.421. The highest BCUT2D eigenvalue weighted by Crippen LogP contribution is 1.98. The number of allylic oxidation sites excluding steroid dienone is 1. The Morgan fingerprint density at radius 1 is 1.50 bits per heavy atom. The molecule has 0 amide bonds. The first-order chi connectivity index (χ1) is 4.77. The number of carbonyl (C=O) groups is 1. The van der Waals surface area contributed by atoms with Crippen molar-refractivity contribution in [2.75, 3.05) is 0 Å². The molecular formula is C8H13O2-. The molecule has 0 aliphatic rings. The van der Waals surface area contributed by atoms with Gasteiger partial charge in [-0.25, -0.2) is 0 Å². The predicted molar refractivity (Wildman–Crippen MR) is 38.3 cm³/mol. The number of unbranched alkanes of at least 4 members (excludes halogenated alkanes) is 3. The Morgan fingerprint density at radius 3 is 2.70 bits per heavy atom. The fraction of sp³-hybridized carbons (Fsp3) is 0.625. The predicted octanol–water partition coefficient (Wildman–Crippen LogP) is 0.873. The molecule has 0 aromatic rings. The van der Waals surface area contributed by atoms with Crippen molar-refractivity contribution in [1.82, 2.24) is 0 Å². The zero-order chi connectivity index (χ0) is 7.82. The van der Waals surface area contributed by atoms with Gasteiger partial charge in [0.2, 0.25) is 0 Å². The van der Waals surface area contributed by atoms with Crippen LogP contribution >= 0.6 is 0 Å². The molecule has 0 aliphatic heterocycles. The van der Waals surface area contributed by atoms with Crippen molar-refractivity contribution in [3.8, 4) is 0 Å². The van der Waals surface area contributed by atoms with E-state index in [-0.39, 0.29) is 0 Å². The summed E-state index contributed by atoms with van der Waals surface area (Å²) >= 11 is 0. The van der Waals surface area contributed by atoms with Gasteiger partial charge in [0.1, 0.15) is 0 Å². The standard InChI is InChI=1S/C8H14O2/c1-2-3-4-5-6-7-8(9)10/h6-7H,2-5H2,1H3,(H,9,10)/p-1/b7-6+. The number of hydrogen-bond acceptors (Lipinski definition) is 2. The van der Waals surface area contributed by atoms with Crippen molar-refractivity contribution in [3.63, 3.8) is 0 Å². The van der Waals surface area contributed by atoms with Gasteiger partial charge >= 0.3 is 0 Å². The maximum Gasteiger partial charge on any atom is 0.0639 e. The van der Waals surface area contributed by atoms with Gasteiger partial charge in [0.15, 0.2) is 0 Å². The topological polar surface area (TPSA) is 40.1 Å². The van der Waals surface area contributed by atoms with E-state index in [2.05, 4.69) is 6.92 Å². The van der Waals surface area contributed by atoms with Gasteiger partial charge in [0.25, 0.3) is 0 Å². The van der Waals surface area contributed by atoms with E-state index >= 15 is 0 Å². The van der Waals surface area contributed by atoms with Gasteiger partial charge < -0.3 is 9.90 Å². The number of aliphatic carboxylic acids is 1.